The molecule has 12 unspecified atom stereocenters. The van der Waals surface area contributed by atoms with Gasteiger partial charge in [-0.1, -0.05) is 130 Å². The Labute approximate surface area is 359 Å². The smallest absolute Gasteiger partial charge is 0.184 e. The van der Waals surface area contributed by atoms with Gasteiger partial charge in [-0.05, 0) is 43.4 Å². The van der Waals surface area contributed by atoms with Crippen molar-refractivity contribution in [3.63, 3.8) is 0 Å². The Bertz CT molecular complexity index is 1480. The molecule has 0 bridgehead atoms. The van der Waals surface area contributed by atoms with Crippen molar-refractivity contribution in [1.29, 1.82) is 0 Å². The summed E-state index contributed by atoms with van der Waals surface area (Å²) in [7, 11) is 0. The van der Waals surface area contributed by atoms with Gasteiger partial charge in [-0.15, -0.1) is 0 Å². The van der Waals surface area contributed by atoms with E-state index >= 15 is 0 Å². The standard InChI is InChI=1S/C25H38O5.C24H36O6/c1-7-20-15(3)14(2)16(4)24(28-20)29-22-17(5)23-21(27-18(22)6)13-26-25(30-23)19-11-9-8-10-12-19;1-6-18-14(3)13(2)15(4)23(28-18)30-21-16(5)20-19(27-22(21)25)12-26-24(29-20)17-10-8-7-9-11-17/h8-12,14-18,20-25H,7,13H2,1-6H3;7-11,13-16,18-25H,6,12H2,1-5H3/t14-,15-,16?,17+,18?,20?,21?,22?,23-,24+,25?;13-,14-,15?,16-,18?,19?,20-,21?,22?,23+,24?/m00/s1. The number of aliphatic hydroxyl groups is 1. The fraction of sp³-hybridized carbons (Fsp3) is 0.755. The zero-order valence-electron chi connectivity index (χ0n) is 37.8. The summed E-state index contributed by atoms with van der Waals surface area (Å²) >= 11 is 0. The number of benzene rings is 2. The summed E-state index contributed by atoms with van der Waals surface area (Å²) < 4.78 is 62.4. The largest absolute Gasteiger partial charge is 0.367 e. The maximum absolute atomic E-state index is 10.7. The highest BCUT2D eigenvalue weighted by Crippen LogP contribution is 2.44. The molecule has 11 heteroatoms. The van der Waals surface area contributed by atoms with Gasteiger partial charge in [0.1, 0.15) is 18.3 Å². The van der Waals surface area contributed by atoms with E-state index < -0.39 is 18.7 Å². The van der Waals surface area contributed by atoms with Crippen LogP contribution >= 0.6 is 0 Å². The molecule has 0 aliphatic carbocycles. The van der Waals surface area contributed by atoms with Crippen molar-refractivity contribution in [3.05, 3.63) is 71.8 Å². The van der Waals surface area contributed by atoms with E-state index in [1.54, 1.807) is 0 Å². The molecule has 8 rings (SSSR count). The minimum absolute atomic E-state index is 0.0349. The van der Waals surface area contributed by atoms with Gasteiger partial charge in [-0.3, -0.25) is 0 Å². The Morgan fingerprint density at radius 1 is 0.483 bits per heavy atom. The molecule has 60 heavy (non-hydrogen) atoms. The van der Waals surface area contributed by atoms with Crippen molar-refractivity contribution >= 4 is 0 Å². The molecule has 6 heterocycles. The van der Waals surface area contributed by atoms with Gasteiger partial charge in [0.2, 0.25) is 0 Å². The summed E-state index contributed by atoms with van der Waals surface area (Å²) in [6.07, 6.45) is -1.37. The number of hydrogen-bond donors (Lipinski definition) is 1. The number of rotatable bonds is 8. The highest BCUT2D eigenvalue weighted by Gasteiger charge is 2.52. The molecule has 2 aromatic rings. The average molecular weight is 839 g/mol. The molecule has 6 aliphatic rings. The first-order valence-electron chi connectivity index (χ1n) is 23.1. The maximum atomic E-state index is 10.7. The van der Waals surface area contributed by atoms with E-state index in [-0.39, 0.29) is 85.5 Å². The number of fused-ring (bicyclic) bond motifs is 2. The third-order valence-corrected chi connectivity index (χ3v) is 15.1. The lowest BCUT2D eigenvalue weighted by molar-refractivity contribution is -0.372. The van der Waals surface area contributed by atoms with E-state index in [9.17, 15) is 5.11 Å². The molecule has 0 saturated carbocycles. The summed E-state index contributed by atoms with van der Waals surface area (Å²) in [5, 5.41) is 10.7. The number of aliphatic hydroxyl groups excluding tert-OH is 1. The number of hydrogen-bond acceptors (Lipinski definition) is 11. The van der Waals surface area contributed by atoms with E-state index in [1.807, 2.05) is 60.7 Å². The molecule has 11 nitrogen and oxygen atoms in total. The van der Waals surface area contributed by atoms with Crippen molar-refractivity contribution < 1.29 is 52.5 Å². The summed E-state index contributed by atoms with van der Waals surface area (Å²) in [6, 6.07) is 20.0. The third-order valence-electron chi connectivity index (χ3n) is 15.1. The lowest BCUT2D eigenvalue weighted by atomic mass is 9.78. The topological polar surface area (TPSA) is 113 Å². The van der Waals surface area contributed by atoms with Crippen molar-refractivity contribution in [1.82, 2.24) is 0 Å². The van der Waals surface area contributed by atoms with Crippen LogP contribution in [-0.2, 0) is 47.4 Å². The predicted molar refractivity (Wildman–Crippen MR) is 226 cm³/mol. The second kappa shape index (κ2) is 20.2. The predicted octanol–water partition coefficient (Wildman–Crippen LogP) is 8.83. The van der Waals surface area contributed by atoms with Gasteiger partial charge in [0.25, 0.3) is 0 Å². The Hall–Kier alpha value is -2.00. The molecular formula is C49H74O11. The molecule has 2 aromatic carbocycles. The molecule has 6 fully saturated rings. The molecule has 6 saturated heterocycles. The van der Waals surface area contributed by atoms with E-state index in [0.29, 0.717) is 42.8 Å². The van der Waals surface area contributed by atoms with Gasteiger partial charge >= 0.3 is 0 Å². The van der Waals surface area contributed by atoms with Gasteiger partial charge in [-0.2, -0.15) is 0 Å². The number of ether oxygens (including phenoxy) is 10. The van der Waals surface area contributed by atoms with Crippen LogP contribution in [0.5, 0.6) is 0 Å². The van der Waals surface area contributed by atoms with Crippen LogP contribution < -0.4 is 0 Å². The van der Waals surface area contributed by atoms with Crippen LogP contribution in [0.2, 0.25) is 0 Å². The van der Waals surface area contributed by atoms with Crippen LogP contribution in [0.3, 0.4) is 0 Å². The summed E-state index contributed by atoms with van der Waals surface area (Å²) in [6.45, 7) is 25.2. The highest BCUT2D eigenvalue weighted by molar-refractivity contribution is 5.17. The SMILES string of the molecule is CCC1O[C@H](OC2C(C)OC3COC(c4ccccc4)O[C@H]3[C@@H]2C)C(C)[C@@H](C)[C@@H]1C.CCC1O[C@H](OC2C(O)OC3COC(c4ccccc4)O[C@H]3[C@@H]2C)C(C)[C@@H](C)[C@@H]1C. The summed E-state index contributed by atoms with van der Waals surface area (Å²) in [5.74, 6) is 2.72. The fourth-order valence-corrected chi connectivity index (χ4v) is 10.4. The first-order valence-corrected chi connectivity index (χ1v) is 23.1. The van der Waals surface area contributed by atoms with E-state index in [1.165, 1.54) is 0 Å². The lowest BCUT2D eigenvalue weighted by Gasteiger charge is -2.50. The van der Waals surface area contributed by atoms with Gasteiger partial charge < -0.3 is 52.5 Å². The Balaban J connectivity index is 0.000000181. The van der Waals surface area contributed by atoms with Crippen LogP contribution in [0, 0.1) is 47.3 Å². The van der Waals surface area contributed by atoms with Gasteiger partial charge in [-0.25, -0.2) is 0 Å². The molecule has 336 valence electrons. The molecule has 0 amide bonds. The monoisotopic (exact) mass is 839 g/mol. The van der Waals surface area contributed by atoms with Gasteiger partial charge in [0.05, 0.1) is 49.8 Å². The second-order valence-electron chi connectivity index (χ2n) is 18.8. The van der Waals surface area contributed by atoms with Crippen LogP contribution in [0.25, 0.3) is 0 Å². The third kappa shape index (κ3) is 9.72. The Morgan fingerprint density at radius 2 is 0.900 bits per heavy atom. The molecule has 0 spiro atoms. The zero-order chi connectivity index (χ0) is 42.8. The van der Waals surface area contributed by atoms with Crippen molar-refractivity contribution in [3.8, 4) is 0 Å². The van der Waals surface area contributed by atoms with Gasteiger partial charge in [0, 0.05) is 34.8 Å². The van der Waals surface area contributed by atoms with Crippen LogP contribution in [0.4, 0.5) is 0 Å². The summed E-state index contributed by atoms with van der Waals surface area (Å²) in [5.41, 5.74) is 2.02. The minimum Gasteiger partial charge on any atom is -0.367 e. The van der Waals surface area contributed by atoms with Gasteiger partial charge in [0.15, 0.2) is 31.5 Å². The zero-order valence-corrected chi connectivity index (χ0v) is 37.8. The van der Waals surface area contributed by atoms with Crippen LogP contribution in [0.1, 0.15) is 113 Å². The Kier molecular flexibility index (Phi) is 15.5. The van der Waals surface area contributed by atoms with E-state index in [2.05, 4.69) is 76.2 Å². The fourth-order valence-electron chi connectivity index (χ4n) is 10.4. The van der Waals surface area contributed by atoms with Crippen LogP contribution in [-0.4, -0.2) is 92.1 Å². The Morgan fingerprint density at radius 3 is 1.35 bits per heavy atom. The molecule has 22 atom stereocenters. The van der Waals surface area contributed by atoms with E-state index in [4.69, 9.17) is 47.4 Å². The molecule has 0 aromatic heterocycles. The average Bonchev–Trinajstić information content (AvgIpc) is 3.27. The minimum atomic E-state index is -1.03. The second-order valence-corrected chi connectivity index (χ2v) is 18.8. The quantitative estimate of drug-likeness (QED) is 0.275. The summed E-state index contributed by atoms with van der Waals surface area (Å²) in [4.78, 5) is 0. The van der Waals surface area contributed by atoms with Crippen LogP contribution in [0.15, 0.2) is 60.7 Å². The molecule has 1 N–H and O–H groups in total. The van der Waals surface area contributed by atoms with Crippen molar-refractivity contribution in [2.45, 2.75) is 175 Å². The van der Waals surface area contributed by atoms with Crippen molar-refractivity contribution in [2.75, 3.05) is 13.2 Å². The maximum Gasteiger partial charge on any atom is 0.184 e. The molecule has 6 aliphatic heterocycles. The van der Waals surface area contributed by atoms with E-state index in [0.717, 1.165) is 24.0 Å². The molecular weight excluding hydrogens is 765 g/mol. The highest BCUT2D eigenvalue weighted by atomic mass is 16.8. The molecule has 0 radical (unpaired) electrons. The van der Waals surface area contributed by atoms with Crippen molar-refractivity contribution in [2.24, 2.45) is 47.3 Å². The first-order chi connectivity index (χ1) is 28.8. The lowest BCUT2D eigenvalue weighted by Crippen LogP contribution is -2.60. The normalized spacial score (nSPS) is 46.9. The first kappa shape index (κ1) is 46.0.